The normalized spacial score (nSPS) is 16.1. The zero-order valence-corrected chi connectivity index (χ0v) is 20.3. The van der Waals surface area contributed by atoms with E-state index in [-0.39, 0.29) is 23.5 Å². The van der Waals surface area contributed by atoms with E-state index >= 15 is 0 Å². The van der Waals surface area contributed by atoms with Gasteiger partial charge >= 0.3 is 0 Å². The smallest absolute Gasteiger partial charge is 0.253 e. The van der Waals surface area contributed by atoms with Gasteiger partial charge in [-0.15, -0.1) is 0 Å². The van der Waals surface area contributed by atoms with E-state index in [1.807, 2.05) is 31.1 Å². The molecule has 1 saturated heterocycles. The quantitative estimate of drug-likeness (QED) is 0.460. The molecule has 0 radical (unpaired) electrons. The summed E-state index contributed by atoms with van der Waals surface area (Å²) in [5.74, 6) is 0.373. The van der Waals surface area contributed by atoms with Gasteiger partial charge in [-0.3, -0.25) is 9.59 Å². The number of nitrogens with zero attached hydrogens (tertiary/aromatic N) is 5. The zero-order valence-electron chi connectivity index (χ0n) is 20.3. The van der Waals surface area contributed by atoms with Gasteiger partial charge in [-0.05, 0) is 45.1 Å². The Morgan fingerprint density at radius 1 is 1.22 bits per heavy atom. The number of piperidine rings is 1. The van der Waals surface area contributed by atoms with Gasteiger partial charge < -0.3 is 25.4 Å². The molecule has 5 heterocycles. The van der Waals surface area contributed by atoms with Crippen LogP contribution < -0.4 is 15.5 Å². The van der Waals surface area contributed by atoms with Crippen LogP contribution in [-0.2, 0) is 11.2 Å². The number of aromatic nitrogens is 4. The Morgan fingerprint density at radius 3 is 2.72 bits per heavy atom. The van der Waals surface area contributed by atoms with E-state index in [0.29, 0.717) is 42.4 Å². The number of likely N-dealkylation sites (N-methyl/N-ethyl adjacent to an activating group) is 1. The number of pyridine rings is 1. The second kappa shape index (κ2) is 10.0. The molecule has 3 aromatic heterocycles. The molecule has 1 amide bonds. The van der Waals surface area contributed by atoms with Crippen molar-refractivity contribution in [2.75, 3.05) is 50.5 Å². The van der Waals surface area contributed by atoms with Crippen LogP contribution in [0.3, 0.4) is 0 Å². The monoisotopic (exact) mass is 492 g/mol. The minimum absolute atomic E-state index is 0.0815. The molecule has 2 aliphatic rings. The van der Waals surface area contributed by atoms with Crippen LogP contribution in [0.1, 0.15) is 28.9 Å². The highest BCUT2D eigenvalue weighted by Crippen LogP contribution is 2.27. The van der Waals surface area contributed by atoms with Crippen LogP contribution in [0, 0.1) is 11.7 Å². The number of ketones is 1. The van der Waals surface area contributed by atoms with Crippen molar-refractivity contribution >= 4 is 29.1 Å². The van der Waals surface area contributed by atoms with Crippen LogP contribution >= 0.6 is 0 Å². The molecule has 0 aliphatic carbocycles. The Labute approximate surface area is 208 Å². The number of aromatic amines is 1. The minimum atomic E-state index is -0.588. The van der Waals surface area contributed by atoms with Crippen molar-refractivity contribution in [3.63, 3.8) is 0 Å². The van der Waals surface area contributed by atoms with Crippen molar-refractivity contribution in [3.8, 4) is 11.4 Å². The number of fused-ring (bicyclic) bond motifs is 1. The average molecular weight is 493 g/mol. The fourth-order valence-electron chi connectivity index (χ4n) is 4.70. The fourth-order valence-corrected chi connectivity index (χ4v) is 4.70. The predicted octanol–water partition coefficient (Wildman–Crippen LogP) is 2.38. The number of amides is 1. The Kier molecular flexibility index (Phi) is 6.64. The summed E-state index contributed by atoms with van der Waals surface area (Å²) < 4.78 is 14.5. The number of rotatable bonds is 7. The van der Waals surface area contributed by atoms with E-state index < -0.39 is 5.82 Å². The summed E-state index contributed by atoms with van der Waals surface area (Å²) >= 11 is 0. The molecule has 0 saturated carbocycles. The topological polar surface area (TPSA) is 119 Å². The third-order valence-electron chi connectivity index (χ3n) is 6.58. The molecule has 0 atom stereocenters. The summed E-state index contributed by atoms with van der Waals surface area (Å²) in [5, 5.41) is 5.80. The molecule has 2 aliphatic heterocycles. The molecular weight excluding hydrogens is 463 g/mol. The van der Waals surface area contributed by atoms with Gasteiger partial charge in [0, 0.05) is 37.7 Å². The van der Waals surface area contributed by atoms with Crippen molar-refractivity contribution in [1.29, 1.82) is 0 Å². The number of nitrogens with one attached hydrogen (secondary N) is 3. The van der Waals surface area contributed by atoms with Crippen molar-refractivity contribution < 1.29 is 14.0 Å². The lowest BCUT2D eigenvalue weighted by atomic mass is 9.92. The second-order valence-corrected chi connectivity index (χ2v) is 9.46. The Bertz CT molecular complexity index is 1270. The molecule has 36 heavy (non-hydrogen) atoms. The fraction of sp³-hybridized carbons (Fsp3) is 0.400. The average Bonchev–Trinajstić information content (AvgIpc) is 3.31. The van der Waals surface area contributed by atoms with Crippen molar-refractivity contribution in [3.05, 3.63) is 47.7 Å². The number of anilines is 3. The third-order valence-corrected chi connectivity index (χ3v) is 6.58. The Balaban J connectivity index is 1.24. The number of hydrogen-bond acceptors (Lipinski definition) is 8. The minimum Gasteiger partial charge on any atom is -0.370 e. The molecule has 0 unspecified atom stereocenters. The van der Waals surface area contributed by atoms with Gasteiger partial charge in [0.2, 0.25) is 5.95 Å². The molecule has 5 rings (SSSR count). The SMILES string of the molecule is CN(C)CC(=O)C1CCN(c2ccc(Nc3ncc(F)c(-c4cc5c([nH]4)CCNC5=O)n3)nc2)CC1. The molecule has 0 spiro atoms. The predicted molar refractivity (Wildman–Crippen MR) is 134 cm³/mol. The maximum Gasteiger partial charge on any atom is 0.253 e. The van der Waals surface area contributed by atoms with Crippen LogP contribution in [0.15, 0.2) is 30.6 Å². The molecule has 1 fully saturated rings. The third kappa shape index (κ3) is 5.06. The highest BCUT2D eigenvalue weighted by molar-refractivity contribution is 5.97. The van der Waals surface area contributed by atoms with Gasteiger partial charge in [0.25, 0.3) is 5.91 Å². The van der Waals surface area contributed by atoms with Crippen LogP contribution in [0.25, 0.3) is 11.4 Å². The summed E-state index contributed by atoms with van der Waals surface area (Å²) in [6.45, 7) is 2.64. The van der Waals surface area contributed by atoms with Crippen LogP contribution in [0.5, 0.6) is 0 Å². The van der Waals surface area contributed by atoms with Crippen LogP contribution in [-0.4, -0.2) is 76.8 Å². The molecule has 3 N–H and O–H groups in total. The molecular formula is C25H29FN8O2. The molecule has 10 nitrogen and oxygen atoms in total. The van der Waals surface area contributed by atoms with E-state index in [9.17, 15) is 14.0 Å². The molecule has 188 valence electrons. The van der Waals surface area contributed by atoms with E-state index in [2.05, 4.69) is 35.5 Å². The lowest BCUT2D eigenvalue weighted by molar-refractivity contribution is -0.124. The zero-order chi connectivity index (χ0) is 25.2. The number of H-pyrrole nitrogens is 1. The standard InChI is InChI=1S/C25H29FN8O2/c1-33(2)14-21(35)15-6-9-34(10-7-15)16-3-4-22(28-12-16)31-25-29-13-18(26)23(32-25)20-11-17-19(30-20)5-8-27-24(17)36/h3-4,11-13,15,30H,5-10,14H2,1-2H3,(H,27,36)(H,28,29,31,32). The van der Waals surface area contributed by atoms with Crippen molar-refractivity contribution in [2.24, 2.45) is 5.92 Å². The van der Waals surface area contributed by atoms with Gasteiger partial charge in [-0.1, -0.05) is 0 Å². The van der Waals surface area contributed by atoms with E-state index in [0.717, 1.165) is 43.5 Å². The van der Waals surface area contributed by atoms with E-state index in [1.54, 1.807) is 12.3 Å². The summed E-state index contributed by atoms with van der Waals surface area (Å²) in [6.07, 6.45) is 5.19. The first-order chi connectivity index (χ1) is 17.4. The number of hydrogen-bond donors (Lipinski definition) is 3. The maximum atomic E-state index is 14.5. The lowest BCUT2D eigenvalue weighted by Crippen LogP contribution is -2.38. The summed E-state index contributed by atoms with van der Waals surface area (Å²) in [6, 6.07) is 5.39. The van der Waals surface area contributed by atoms with Gasteiger partial charge in [0.1, 0.15) is 17.3 Å². The first-order valence-electron chi connectivity index (χ1n) is 12.1. The first kappa shape index (κ1) is 23.9. The Hall–Kier alpha value is -3.86. The van der Waals surface area contributed by atoms with Gasteiger partial charge in [-0.2, -0.15) is 0 Å². The van der Waals surface area contributed by atoms with Crippen molar-refractivity contribution in [1.82, 2.24) is 30.2 Å². The highest BCUT2D eigenvalue weighted by Gasteiger charge is 2.25. The maximum absolute atomic E-state index is 14.5. The van der Waals surface area contributed by atoms with Gasteiger partial charge in [-0.25, -0.2) is 19.3 Å². The van der Waals surface area contributed by atoms with Gasteiger partial charge in [0.05, 0.1) is 35.9 Å². The lowest BCUT2D eigenvalue weighted by Gasteiger charge is -2.33. The molecule has 3 aromatic rings. The number of Topliss-reactive ketones (excluding diaryl/α,β-unsaturated/α-hetero) is 1. The highest BCUT2D eigenvalue weighted by atomic mass is 19.1. The van der Waals surface area contributed by atoms with Crippen LogP contribution in [0.4, 0.5) is 21.8 Å². The van der Waals surface area contributed by atoms with Crippen molar-refractivity contribution in [2.45, 2.75) is 19.3 Å². The second-order valence-electron chi connectivity index (χ2n) is 9.46. The van der Waals surface area contributed by atoms with Crippen LogP contribution in [0.2, 0.25) is 0 Å². The summed E-state index contributed by atoms with van der Waals surface area (Å²) in [4.78, 5) is 44.5. The molecule has 11 heteroatoms. The number of carbonyl (C=O) groups excluding carboxylic acids is 2. The molecule has 0 aromatic carbocycles. The number of halogens is 1. The van der Waals surface area contributed by atoms with E-state index in [1.165, 1.54) is 0 Å². The largest absolute Gasteiger partial charge is 0.370 e. The first-order valence-corrected chi connectivity index (χ1v) is 12.1. The summed E-state index contributed by atoms with van der Waals surface area (Å²) in [5.41, 5.74) is 2.76. The number of carbonyl (C=O) groups is 2. The Morgan fingerprint density at radius 2 is 2.03 bits per heavy atom. The van der Waals surface area contributed by atoms with Gasteiger partial charge in [0.15, 0.2) is 5.82 Å². The van der Waals surface area contributed by atoms with E-state index in [4.69, 9.17) is 0 Å². The summed E-state index contributed by atoms with van der Waals surface area (Å²) in [7, 11) is 3.83. The molecule has 0 bridgehead atoms.